The van der Waals surface area contributed by atoms with E-state index in [0.29, 0.717) is 11.6 Å². The topological polar surface area (TPSA) is 84.1 Å². The second kappa shape index (κ2) is 3.85. The summed E-state index contributed by atoms with van der Waals surface area (Å²) in [5, 5.41) is 12.4. The molecule has 0 spiro atoms. The highest BCUT2D eigenvalue weighted by molar-refractivity contribution is 5.79. The Balaban J connectivity index is 1.90. The summed E-state index contributed by atoms with van der Waals surface area (Å²) < 4.78 is 0. The van der Waals surface area contributed by atoms with Gasteiger partial charge in [0, 0.05) is 6.04 Å². The molecule has 5 heteroatoms. The molecule has 0 saturated heterocycles. The molecule has 1 aliphatic rings. The third-order valence-electron chi connectivity index (χ3n) is 3.05. The van der Waals surface area contributed by atoms with Crippen LogP contribution in [0, 0.1) is 0 Å². The summed E-state index contributed by atoms with van der Waals surface area (Å²) in [6.07, 6.45) is 1.30. The van der Waals surface area contributed by atoms with E-state index in [4.69, 9.17) is 5.73 Å². The number of nitrogens with one attached hydrogen (secondary N) is 1. The first kappa shape index (κ1) is 10.3. The van der Waals surface area contributed by atoms with Gasteiger partial charge in [0.15, 0.2) is 11.6 Å². The summed E-state index contributed by atoms with van der Waals surface area (Å²) in [7, 11) is 0. The predicted octanol–water partition coefficient (Wildman–Crippen LogP) is 1.15. The van der Waals surface area contributed by atoms with Gasteiger partial charge < -0.3 is 16.2 Å². The van der Waals surface area contributed by atoms with Gasteiger partial charge >= 0.3 is 0 Å². The number of anilines is 2. The third-order valence-corrected chi connectivity index (χ3v) is 3.05. The first-order valence-corrected chi connectivity index (χ1v) is 5.69. The summed E-state index contributed by atoms with van der Waals surface area (Å²) >= 11 is 0. The van der Waals surface area contributed by atoms with Gasteiger partial charge in [-0.05, 0) is 25.0 Å². The monoisotopic (exact) mass is 230 g/mol. The van der Waals surface area contributed by atoms with Crippen molar-refractivity contribution in [1.82, 2.24) is 9.97 Å². The van der Waals surface area contributed by atoms with Crippen LogP contribution in [0.2, 0.25) is 0 Å². The summed E-state index contributed by atoms with van der Waals surface area (Å²) in [4.78, 5) is 8.74. The molecular formula is C12H14N4O. The molecule has 1 aliphatic carbocycles. The molecule has 1 saturated carbocycles. The number of nitrogens with two attached hydrogens (primary N) is 1. The van der Waals surface area contributed by atoms with E-state index in [1.165, 1.54) is 0 Å². The number of benzene rings is 1. The van der Waals surface area contributed by atoms with E-state index < -0.39 is 0 Å². The number of nitrogens with zero attached hydrogens (tertiary/aromatic N) is 2. The van der Waals surface area contributed by atoms with Crippen LogP contribution < -0.4 is 11.1 Å². The summed E-state index contributed by atoms with van der Waals surface area (Å²) in [6.45, 7) is 0. The van der Waals surface area contributed by atoms with Crippen molar-refractivity contribution in [3.63, 3.8) is 0 Å². The van der Waals surface area contributed by atoms with Crippen molar-refractivity contribution in [2.45, 2.75) is 25.0 Å². The zero-order chi connectivity index (χ0) is 11.8. The Bertz CT molecular complexity index is 551. The van der Waals surface area contributed by atoms with Gasteiger partial charge in [-0.15, -0.1) is 0 Å². The molecule has 3 rings (SSSR count). The molecule has 0 bridgehead atoms. The van der Waals surface area contributed by atoms with E-state index in [-0.39, 0.29) is 12.1 Å². The summed E-state index contributed by atoms with van der Waals surface area (Å²) in [5.41, 5.74) is 7.47. The standard InChI is InChI=1S/C12H14N4O/c13-11-12(14-7-5-8(17)6-7)16-10-4-2-1-3-9(10)15-11/h1-4,7-8,17H,5-6H2,(H2,13,15)(H,14,16). The first-order valence-electron chi connectivity index (χ1n) is 5.69. The van der Waals surface area contributed by atoms with E-state index >= 15 is 0 Å². The Kier molecular flexibility index (Phi) is 2.33. The molecule has 2 aromatic rings. The minimum atomic E-state index is -0.192. The number of nitrogen functional groups attached to an aromatic ring is 1. The molecule has 17 heavy (non-hydrogen) atoms. The lowest BCUT2D eigenvalue weighted by Crippen LogP contribution is -2.39. The second-order valence-electron chi connectivity index (χ2n) is 4.41. The van der Waals surface area contributed by atoms with Crippen LogP contribution in [0.1, 0.15) is 12.8 Å². The average Bonchev–Trinajstić information content (AvgIpc) is 2.28. The maximum Gasteiger partial charge on any atom is 0.169 e. The number of rotatable bonds is 2. The lowest BCUT2D eigenvalue weighted by Gasteiger charge is -2.32. The van der Waals surface area contributed by atoms with E-state index in [1.54, 1.807) is 0 Å². The van der Waals surface area contributed by atoms with Crippen LogP contribution in [0.25, 0.3) is 11.0 Å². The third kappa shape index (κ3) is 1.89. The molecule has 5 nitrogen and oxygen atoms in total. The van der Waals surface area contributed by atoms with E-state index in [9.17, 15) is 5.11 Å². The van der Waals surface area contributed by atoms with Gasteiger partial charge in [0.25, 0.3) is 0 Å². The molecule has 1 aromatic heterocycles. The lowest BCUT2D eigenvalue weighted by atomic mass is 9.89. The van der Waals surface area contributed by atoms with Crippen molar-refractivity contribution < 1.29 is 5.11 Å². The van der Waals surface area contributed by atoms with Gasteiger partial charge in [0.05, 0.1) is 17.1 Å². The number of aliphatic hydroxyl groups excluding tert-OH is 1. The number of hydrogen-bond donors (Lipinski definition) is 3. The van der Waals surface area contributed by atoms with Crippen LogP contribution in [-0.4, -0.2) is 27.2 Å². The fraction of sp³-hybridized carbons (Fsp3) is 0.333. The summed E-state index contributed by atoms with van der Waals surface area (Å²) in [5.74, 6) is 1.02. The quantitative estimate of drug-likeness (QED) is 0.720. The fourth-order valence-corrected chi connectivity index (χ4v) is 2.02. The van der Waals surface area contributed by atoms with E-state index in [1.807, 2.05) is 24.3 Å². The second-order valence-corrected chi connectivity index (χ2v) is 4.41. The Labute approximate surface area is 98.7 Å². The highest BCUT2D eigenvalue weighted by Gasteiger charge is 2.27. The van der Waals surface area contributed by atoms with Gasteiger partial charge in [-0.3, -0.25) is 0 Å². The Morgan fingerprint density at radius 2 is 1.82 bits per heavy atom. The number of aromatic nitrogens is 2. The zero-order valence-corrected chi connectivity index (χ0v) is 9.30. The van der Waals surface area contributed by atoms with Crippen LogP contribution >= 0.6 is 0 Å². The lowest BCUT2D eigenvalue weighted by molar-refractivity contribution is 0.0835. The van der Waals surface area contributed by atoms with Crippen molar-refractivity contribution in [3.8, 4) is 0 Å². The SMILES string of the molecule is Nc1nc2ccccc2nc1NC1CC(O)C1. The molecule has 4 N–H and O–H groups in total. The molecule has 0 amide bonds. The van der Waals surface area contributed by atoms with Crippen molar-refractivity contribution in [2.24, 2.45) is 0 Å². The smallest absolute Gasteiger partial charge is 0.169 e. The Morgan fingerprint density at radius 1 is 1.18 bits per heavy atom. The first-order chi connectivity index (χ1) is 8.22. The average molecular weight is 230 g/mol. The Hall–Kier alpha value is -1.88. The number of fused-ring (bicyclic) bond motifs is 1. The maximum absolute atomic E-state index is 9.23. The van der Waals surface area contributed by atoms with Crippen LogP contribution in [0.4, 0.5) is 11.6 Å². The highest BCUT2D eigenvalue weighted by atomic mass is 16.3. The molecular weight excluding hydrogens is 216 g/mol. The summed E-state index contributed by atoms with van der Waals surface area (Å²) in [6, 6.07) is 7.87. The predicted molar refractivity (Wildman–Crippen MR) is 66.6 cm³/mol. The molecule has 88 valence electrons. The number of hydrogen-bond acceptors (Lipinski definition) is 5. The van der Waals surface area contributed by atoms with Crippen molar-refractivity contribution in [3.05, 3.63) is 24.3 Å². The fourth-order valence-electron chi connectivity index (χ4n) is 2.02. The molecule has 0 radical (unpaired) electrons. The maximum atomic E-state index is 9.23. The zero-order valence-electron chi connectivity index (χ0n) is 9.30. The molecule has 1 aromatic carbocycles. The van der Waals surface area contributed by atoms with Gasteiger partial charge in [-0.1, -0.05) is 12.1 Å². The van der Waals surface area contributed by atoms with Crippen molar-refractivity contribution >= 4 is 22.7 Å². The van der Waals surface area contributed by atoms with Gasteiger partial charge in [0.1, 0.15) is 0 Å². The van der Waals surface area contributed by atoms with Crippen LogP contribution in [0.3, 0.4) is 0 Å². The van der Waals surface area contributed by atoms with Crippen molar-refractivity contribution in [1.29, 1.82) is 0 Å². The Morgan fingerprint density at radius 3 is 2.47 bits per heavy atom. The molecule has 0 aliphatic heterocycles. The number of aliphatic hydroxyl groups is 1. The minimum absolute atomic E-state index is 0.192. The number of para-hydroxylation sites is 2. The molecule has 1 heterocycles. The van der Waals surface area contributed by atoms with Gasteiger partial charge in [0.2, 0.25) is 0 Å². The van der Waals surface area contributed by atoms with Gasteiger partial charge in [-0.25, -0.2) is 9.97 Å². The largest absolute Gasteiger partial charge is 0.393 e. The highest BCUT2D eigenvalue weighted by Crippen LogP contribution is 2.26. The molecule has 0 unspecified atom stereocenters. The van der Waals surface area contributed by atoms with Gasteiger partial charge in [-0.2, -0.15) is 0 Å². The van der Waals surface area contributed by atoms with Crippen LogP contribution in [0.15, 0.2) is 24.3 Å². The molecule has 1 fully saturated rings. The molecule has 0 atom stereocenters. The normalized spacial score (nSPS) is 23.4. The van der Waals surface area contributed by atoms with Crippen LogP contribution in [-0.2, 0) is 0 Å². The van der Waals surface area contributed by atoms with E-state index in [0.717, 1.165) is 23.9 Å². The van der Waals surface area contributed by atoms with E-state index in [2.05, 4.69) is 15.3 Å². The van der Waals surface area contributed by atoms with Crippen molar-refractivity contribution in [2.75, 3.05) is 11.1 Å². The van der Waals surface area contributed by atoms with Crippen LogP contribution in [0.5, 0.6) is 0 Å². The minimum Gasteiger partial charge on any atom is -0.393 e.